The molecule has 2 atom stereocenters. The van der Waals surface area contributed by atoms with E-state index in [1.54, 1.807) is 18.5 Å². The molecule has 1 fully saturated rings. The number of aliphatic hydroxyl groups is 1. The monoisotopic (exact) mass is 707 g/mol. The zero-order valence-corrected chi connectivity index (χ0v) is 27.7. The molecule has 14 heteroatoms. The second-order valence-corrected chi connectivity index (χ2v) is 12.9. The zero-order valence-electron chi connectivity index (χ0n) is 27.7. The summed E-state index contributed by atoms with van der Waals surface area (Å²) in [4.78, 5) is 30.8. The van der Waals surface area contributed by atoms with Gasteiger partial charge >= 0.3 is 6.18 Å². The normalized spacial score (nSPS) is 17.7. The Hall–Kier alpha value is -5.08. The summed E-state index contributed by atoms with van der Waals surface area (Å²) in [6.45, 7) is 1.93. The number of carbonyl (C=O) groups excluding carboxylic acids is 2. The third kappa shape index (κ3) is 6.27. The molecule has 1 aliphatic heterocycles. The van der Waals surface area contributed by atoms with Crippen molar-refractivity contribution in [3.05, 3.63) is 94.6 Å². The van der Waals surface area contributed by atoms with Crippen molar-refractivity contribution in [3.63, 3.8) is 0 Å². The Morgan fingerprint density at radius 2 is 1.86 bits per heavy atom. The molecule has 0 unspecified atom stereocenters. The highest BCUT2D eigenvalue weighted by Gasteiger charge is 2.39. The smallest absolute Gasteiger partial charge is 0.417 e. The molecule has 266 valence electrons. The van der Waals surface area contributed by atoms with Crippen molar-refractivity contribution in [1.82, 2.24) is 19.3 Å². The van der Waals surface area contributed by atoms with Crippen LogP contribution in [-0.2, 0) is 24.4 Å². The highest BCUT2D eigenvalue weighted by atomic mass is 19.4. The first-order valence-electron chi connectivity index (χ1n) is 16.6. The van der Waals surface area contributed by atoms with Gasteiger partial charge in [-0.2, -0.15) is 13.2 Å². The van der Waals surface area contributed by atoms with E-state index in [0.29, 0.717) is 23.3 Å². The van der Waals surface area contributed by atoms with E-state index in [4.69, 9.17) is 4.74 Å². The van der Waals surface area contributed by atoms with Crippen molar-refractivity contribution in [1.29, 1.82) is 0 Å². The molecule has 2 aliphatic rings. The lowest BCUT2D eigenvalue weighted by molar-refractivity contribution is -0.137. The maximum atomic E-state index is 15.3. The maximum absolute atomic E-state index is 15.3. The van der Waals surface area contributed by atoms with E-state index in [0.717, 1.165) is 43.5 Å². The third-order valence-electron chi connectivity index (χ3n) is 9.70. The molecule has 1 aliphatic carbocycles. The molecule has 5 aromatic rings. The Morgan fingerprint density at radius 3 is 2.59 bits per heavy atom. The minimum atomic E-state index is -4.77. The van der Waals surface area contributed by atoms with Gasteiger partial charge in [0.1, 0.15) is 28.7 Å². The molecule has 7 rings (SSSR count). The number of anilines is 1. The lowest BCUT2D eigenvalue weighted by Gasteiger charge is -2.27. The van der Waals surface area contributed by atoms with Crippen molar-refractivity contribution >= 4 is 33.9 Å². The number of aromatic nitrogens is 3. The average molecular weight is 708 g/mol. The lowest BCUT2D eigenvalue weighted by atomic mass is 9.93. The van der Waals surface area contributed by atoms with Gasteiger partial charge < -0.3 is 29.4 Å². The number of hydrogen-bond acceptors (Lipinski definition) is 6. The van der Waals surface area contributed by atoms with Gasteiger partial charge in [0.05, 0.1) is 35.0 Å². The summed E-state index contributed by atoms with van der Waals surface area (Å²) in [5, 5.41) is 15.4. The number of rotatable bonds is 7. The van der Waals surface area contributed by atoms with E-state index in [1.807, 2.05) is 0 Å². The lowest BCUT2D eigenvalue weighted by Crippen LogP contribution is -2.42. The zero-order chi connectivity index (χ0) is 36.2. The van der Waals surface area contributed by atoms with Crippen LogP contribution < -0.4 is 15.4 Å². The molecule has 3 aromatic heterocycles. The van der Waals surface area contributed by atoms with Crippen LogP contribution in [0.5, 0.6) is 5.75 Å². The Bertz CT molecular complexity index is 2220. The molecule has 1 amide bonds. The largest absolute Gasteiger partial charge is 0.490 e. The van der Waals surface area contributed by atoms with E-state index in [-0.39, 0.29) is 64.8 Å². The standard InChI is InChI=1S/C37H34F5N5O4/c1-19-44-33-27(46(19)2)18-23(37(40,41)42)31-22-7-6-13-47-28(17-20(34(22)47)11-14-51-36(31)33)35(50)21-15-24(38)32(25(39)16-21)45-30(49)10-5-12-43-26-8-3-4-9-29(26)48/h5-7,10,13,15-18,26,29,43,48H,3-4,8-9,11-12,14H2,1-2H3,(H,45,49)/b10-5+/t26-,29+/m0/s1. The van der Waals surface area contributed by atoms with Crippen LogP contribution in [0.25, 0.3) is 27.7 Å². The number of hydrogen-bond donors (Lipinski definition) is 3. The number of imidazole rings is 1. The summed E-state index contributed by atoms with van der Waals surface area (Å²) in [5.74, 6) is -3.47. The number of amides is 1. The molecule has 9 nitrogen and oxygen atoms in total. The third-order valence-corrected chi connectivity index (χ3v) is 9.70. The fourth-order valence-electron chi connectivity index (χ4n) is 7.08. The average Bonchev–Trinajstić information content (AvgIpc) is 3.59. The summed E-state index contributed by atoms with van der Waals surface area (Å²) < 4.78 is 83.5. The van der Waals surface area contributed by atoms with E-state index in [9.17, 15) is 27.9 Å². The number of alkyl halides is 3. The molecule has 2 aromatic carbocycles. The molecular weight excluding hydrogens is 673 g/mol. The first kappa shape index (κ1) is 34.4. The fourth-order valence-corrected chi connectivity index (χ4v) is 7.08. The first-order valence-corrected chi connectivity index (χ1v) is 16.6. The van der Waals surface area contributed by atoms with Crippen molar-refractivity contribution in [2.24, 2.45) is 7.05 Å². The van der Waals surface area contributed by atoms with E-state index in [2.05, 4.69) is 15.6 Å². The molecule has 51 heavy (non-hydrogen) atoms. The Labute approximate surface area is 288 Å². The summed E-state index contributed by atoms with van der Waals surface area (Å²) in [5.41, 5.74) is -0.755. The molecule has 0 saturated heterocycles. The summed E-state index contributed by atoms with van der Waals surface area (Å²) >= 11 is 0. The van der Waals surface area contributed by atoms with Crippen molar-refractivity contribution < 1.29 is 41.4 Å². The Morgan fingerprint density at radius 1 is 1.12 bits per heavy atom. The van der Waals surface area contributed by atoms with Crippen molar-refractivity contribution in [2.75, 3.05) is 18.5 Å². The fraction of sp³-hybridized carbons (Fsp3) is 0.324. The number of aliphatic hydroxyl groups excluding tert-OH is 1. The summed E-state index contributed by atoms with van der Waals surface area (Å²) in [6.07, 6.45) is 2.52. The number of ether oxygens (including phenoxy) is 1. The number of fused-ring (bicyclic) bond motifs is 4. The molecule has 4 heterocycles. The second kappa shape index (κ2) is 13.2. The quantitative estimate of drug-likeness (QED) is 0.0994. The van der Waals surface area contributed by atoms with Gasteiger partial charge in [0.15, 0.2) is 5.75 Å². The van der Waals surface area contributed by atoms with Crippen LogP contribution in [-0.4, -0.2) is 56.0 Å². The number of pyridine rings is 1. The molecule has 0 bridgehead atoms. The van der Waals surface area contributed by atoms with E-state index >= 15 is 8.78 Å². The number of nitrogens with one attached hydrogen (secondary N) is 2. The highest BCUT2D eigenvalue weighted by Crippen LogP contribution is 2.48. The predicted molar refractivity (Wildman–Crippen MR) is 180 cm³/mol. The molecule has 0 spiro atoms. The van der Waals surface area contributed by atoms with Crippen LogP contribution in [0, 0.1) is 18.6 Å². The molecule has 3 N–H and O–H groups in total. The first-order chi connectivity index (χ1) is 24.3. The van der Waals surface area contributed by atoms with E-state index < -0.39 is 46.9 Å². The van der Waals surface area contributed by atoms with Gasteiger partial charge in [0.2, 0.25) is 11.7 Å². The predicted octanol–water partition coefficient (Wildman–Crippen LogP) is 6.65. The molecule has 0 radical (unpaired) electrons. The summed E-state index contributed by atoms with van der Waals surface area (Å²) in [6, 6.07) is 7.04. The number of aryl methyl sites for hydroxylation is 2. The number of ketones is 1. The number of benzene rings is 2. The van der Waals surface area contributed by atoms with Gasteiger partial charge in [-0.15, -0.1) is 0 Å². The highest BCUT2D eigenvalue weighted by molar-refractivity contribution is 6.10. The molecule has 1 saturated carbocycles. The number of nitrogens with zero attached hydrogens (tertiary/aromatic N) is 3. The van der Waals surface area contributed by atoms with E-state index in [1.165, 1.54) is 34.9 Å². The minimum Gasteiger partial charge on any atom is -0.490 e. The number of halogens is 5. The van der Waals surface area contributed by atoms with Gasteiger partial charge in [-0.3, -0.25) is 9.59 Å². The van der Waals surface area contributed by atoms with Crippen LogP contribution in [0.1, 0.15) is 58.7 Å². The van der Waals surface area contributed by atoms with Gasteiger partial charge in [0.25, 0.3) is 0 Å². The van der Waals surface area contributed by atoms with Crippen LogP contribution in [0.15, 0.2) is 54.7 Å². The van der Waals surface area contributed by atoms with Gasteiger partial charge in [-0.05, 0) is 55.7 Å². The van der Waals surface area contributed by atoms with Crippen LogP contribution in [0.3, 0.4) is 0 Å². The number of carbonyl (C=O) groups is 2. The SMILES string of the molecule is Cc1nc2c3c(c(C(F)(F)F)cc2n1C)-c1cccn2c(C(=O)c4cc(F)c(NC(=O)/C=C/CN[C@H]5CCCC[C@H]5O)c(F)c4)cc(c12)CCO3. The molecular formula is C37H34F5N5O4. The van der Waals surface area contributed by atoms with Crippen molar-refractivity contribution in [3.8, 4) is 16.9 Å². The minimum absolute atomic E-state index is 0.0211. The Balaban J connectivity index is 1.20. The van der Waals surface area contributed by atoms with Crippen molar-refractivity contribution in [2.45, 2.75) is 57.3 Å². The maximum Gasteiger partial charge on any atom is 0.417 e. The van der Waals surface area contributed by atoms with Crippen LogP contribution in [0.2, 0.25) is 0 Å². The van der Waals surface area contributed by atoms with Gasteiger partial charge in [-0.1, -0.05) is 25.0 Å². The topological polar surface area (TPSA) is 110 Å². The second-order valence-electron chi connectivity index (χ2n) is 12.9. The van der Waals surface area contributed by atoms with Gasteiger partial charge in [0, 0.05) is 55.0 Å². The van der Waals surface area contributed by atoms with Crippen LogP contribution >= 0.6 is 0 Å². The van der Waals surface area contributed by atoms with Crippen LogP contribution in [0.4, 0.5) is 27.6 Å². The summed E-state index contributed by atoms with van der Waals surface area (Å²) in [7, 11) is 1.62. The van der Waals surface area contributed by atoms with Gasteiger partial charge in [-0.25, -0.2) is 13.8 Å². The Kier molecular flexibility index (Phi) is 8.92.